The molecule has 0 saturated heterocycles. The summed E-state index contributed by atoms with van der Waals surface area (Å²) in [7, 11) is 0. The fourth-order valence-corrected chi connectivity index (χ4v) is 3.98. The predicted molar refractivity (Wildman–Crippen MR) is 79.7 cm³/mol. The van der Waals surface area contributed by atoms with E-state index in [0.29, 0.717) is 12.8 Å². The molecule has 5 nitrogen and oxygen atoms in total. The molecule has 1 aromatic carbocycles. The largest absolute Gasteiger partial charge is 0.481 e. The maximum atomic E-state index is 11.2. The minimum absolute atomic E-state index is 0.430. The molecule has 0 radical (unpaired) electrons. The van der Waals surface area contributed by atoms with Crippen LogP contribution in [-0.4, -0.2) is 26.0 Å². The number of imidazole rings is 1. The third kappa shape index (κ3) is 2.12. The highest BCUT2D eigenvalue weighted by Gasteiger charge is 2.32. The van der Waals surface area contributed by atoms with Gasteiger partial charge >= 0.3 is 5.97 Å². The summed E-state index contributed by atoms with van der Waals surface area (Å²) in [6.07, 6.45) is 2.12. The number of para-hydroxylation sites is 2. The standard InChI is InChI=1S/C15H13N3O2S/c19-15(20)8-5-6-11-14(8)18-13(21-11)7-12-16-9-3-1-2-4-10(9)17-12/h1-4,8H,5-7H2,(H,16,17)(H,19,20). The number of carboxylic acid groups (broad SMARTS) is 1. The Morgan fingerprint density at radius 3 is 3.05 bits per heavy atom. The maximum Gasteiger partial charge on any atom is 0.312 e. The molecule has 2 N–H and O–H groups in total. The Balaban J connectivity index is 1.63. The van der Waals surface area contributed by atoms with Crippen molar-refractivity contribution in [2.75, 3.05) is 0 Å². The summed E-state index contributed by atoms with van der Waals surface area (Å²) in [4.78, 5) is 24.7. The van der Waals surface area contributed by atoms with Crippen molar-refractivity contribution >= 4 is 28.3 Å². The number of carboxylic acids is 1. The summed E-state index contributed by atoms with van der Waals surface area (Å²) < 4.78 is 0. The topological polar surface area (TPSA) is 78.9 Å². The number of aromatic amines is 1. The lowest BCUT2D eigenvalue weighted by molar-refractivity contribution is -0.138. The van der Waals surface area contributed by atoms with Crippen LogP contribution in [0.15, 0.2) is 24.3 Å². The number of hydrogen-bond donors (Lipinski definition) is 2. The van der Waals surface area contributed by atoms with Gasteiger partial charge in [0.1, 0.15) is 16.7 Å². The highest BCUT2D eigenvalue weighted by molar-refractivity contribution is 7.11. The number of nitrogens with one attached hydrogen (secondary N) is 1. The molecule has 106 valence electrons. The first-order valence-electron chi connectivity index (χ1n) is 6.85. The number of benzene rings is 1. The van der Waals surface area contributed by atoms with Gasteiger partial charge < -0.3 is 10.1 Å². The second-order valence-electron chi connectivity index (χ2n) is 5.22. The van der Waals surface area contributed by atoms with E-state index in [1.165, 1.54) is 0 Å². The van der Waals surface area contributed by atoms with E-state index in [4.69, 9.17) is 0 Å². The van der Waals surface area contributed by atoms with Gasteiger partial charge in [0.25, 0.3) is 0 Å². The fraction of sp³-hybridized carbons (Fsp3) is 0.267. The van der Waals surface area contributed by atoms with E-state index in [-0.39, 0.29) is 0 Å². The molecule has 3 aromatic rings. The van der Waals surface area contributed by atoms with Crippen molar-refractivity contribution in [3.8, 4) is 0 Å². The van der Waals surface area contributed by atoms with Crippen LogP contribution in [0.3, 0.4) is 0 Å². The summed E-state index contributed by atoms with van der Waals surface area (Å²) >= 11 is 1.61. The Bertz CT molecular complexity index is 803. The molecule has 0 fully saturated rings. The van der Waals surface area contributed by atoms with E-state index >= 15 is 0 Å². The first-order chi connectivity index (χ1) is 10.2. The molecule has 1 aliphatic rings. The summed E-state index contributed by atoms with van der Waals surface area (Å²) in [6.45, 7) is 0. The normalized spacial score (nSPS) is 17.2. The van der Waals surface area contributed by atoms with Crippen molar-refractivity contribution in [1.82, 2.24) is 15.0 Å². The Kier molecular flexibility index (Phi) is 2.78. The average molecular weight is 299 g/mol. The summed E-state index contributed by atoms with van der Waals surface area (Å²) in [5, 5.41) is 10.1. The van der Waals surface area contributed by atoms with E-state index in [1.54, 1.807) is 11.3 Å². The van der Waals surface area contributed by atoms with Gasteiger partial charge in [-0.1, -0.05) is 12.1 Å². The number of thiazole rings is 1. The number of hydrogen-bond acceptors (Lipinski definition) is 4. The zero-order valence-electron chi connectivity index (χ0n) is 11.2. The van der Waals surface area contributed by atoms with Gasteiger partial charge in [0, 0.05) is 4.88 Å². The molecule has 0 aliphatic heterocycles. The van der Waals surface area contributed by atoms with Gasteiger partial charge in [0.2, 0.25) is 0 Å². The smallest absolute Gasteiger partial charge is 0.312 e. The lowest BCUT2D eigenvalue weighted by atomic mass is 10.1. The van der Waals surface area contributed by atoms with Crippen LogP contribution in [0.25, 0.3) is 11.0 Å². The van der Waals surface area contributed by atoms with Crippen molar-refractivity contribution in [2.45, 2.75) is 25.2 Å². The lowest BCUT2D eigenvalue weighted by Gasteiger charge is -2.00. The summed E-state index contributed by atoms with van der Waals surface area (Å²) in [6, 6.07) is 7.90. The average Bonchev–Trinajstić information content (AvgIpc) is 3.10. The highest BCUT2D eigenvalue weighted by atomic mass is 32.1. The van der Waals surface area contributed by atoms with Crippen molar-refractivity contribution in [3.05, 3.63) is 45.7 Å². The van der Waals surface area contributed by atoms with Crippen molar-refractivity contribution in [2.24, 2.45) is 0 Å². The first kappa shape index (κ1) is 12.5. The quantitative estimate of drug-likeness (QED) is 0.779. The Labute approximate surface area is 124 Å². The van der Waals surface area contributed by atoms with Gasteiger partial charge in [0.05, 0.1) is 23.1 Å². The summed E-state index contributed by atoms with van der Waals surface area (Å²) in [5.41, 5.74) is 2.72. The van der Waals surface area contributed by atoms with Crippen LogP contribution >= 0.6 is 11.3 Å². The molecule has 0 spiro atoms. The second-order valence-corrected chi connectivity index (χ2v) is 6.39. The van der Waals surface area contributed by atoms with Gasteiger partial charge in [-0.05, 0) is 25.0 Å². The minimum atomic E-state index is -0.769. The van der Waals surface area contributed by atoms with Crippen molar-refractivity contribution in [3.63, 3.8) is 0 Å². The van der Waals surface area contributed by atoms with Crippen LogP contribution in [0, 0.1) is 0 Å². The minimum Gasteiger partial charge on any atom is -0.481 e. The van der Waals surface area contributed by atoms with Gasteiger partial charge in [-0.3, -0.25) is 4.79 Å². The predicted octanol–water partition coefficient (Wildman–Crippen LogP) is 2.72. The van der Waals surface area contributed by atoms with E-state index in [0.717, 1.165) is 38.9 Å². The summed E-state index contributed by atoms with van der Waals surface area (Å²) in [5.74, 6) is -0.328. The Morgan fingerprint density at radius 1 is 1.38 bits per heavy atom. The Hall–Kier alpha value is -2.21. The SMILES string of the molecule is O=C(O)C1CCc2sc(Cc3nc4ccccc4[nH]3)nc21. The molecule has 21 heavy (non-hydrogen) atoms. The molecular weight excluding hydrogens is 286 g/mol. The molecule has 2 heterocycles. The second kappa shape index (κ2) is 4.66. The van der Waals surface area contributed by atoms with E-state index in [1.807, 2.05) is 24.3 Å². The van der Waals surface area contributed by atoms with Gasteiger partial charge in [-0.25, -0.2) is 9.97 Å². The molecule has 6 heteroatoms. The highest BCUT2D eigenvalue weighted by Crippen LogP contribution is 2.37. The van der Waals surface area contributed by atoms with Gasteiger partial charge in [0.15, 0.2) is 0 Å². The van der Waals surface area contributed by atoms with E-state index in [9.17, 15) is 9.90 Å². The van der Waals surface area contributed by atoms with Crippen LogP contribution in [0.1, 0.15) is 33.7 Å². The number of H-pyrrole nitrogens is 1. The molecule has 0 bridgehead atoms. The Morgan fingerprint density at radius 2 is 2.24 bits per heavy atom. The molecule has 4 rings (SSSR count). The zero-order valence-corrected chi connectivity index (χ0v) is 12.0. The number of nitrogens with zero attached hydrogens (tertiary/aromatic N) is 2. The van der Waals surface area contributed by atoms with Crippen molar-refractivity contribution < 1.29 is 9.90 Å². The van der Waals surface area contributed by atoms with Crippen LogP contribution in [0.2, 0.25) is 0 Å². The third-order valence-corrected chi connectivity index (χ3v) is 4.95. The van der Waals surface area contributed by atoms with E-state index < -0.39 is 11.9 Å². The van der Waals surface area contributed by atoms with Crippen LogP contribution < -0.4 is 0 Å². The third-order valence-electron chi connectivity index (χ3n) is 3.82. The number of aromatic nitrogens is 3. The van der Waals surface area contributed by atoms with Gasteiger partial charge in [-0.15, -0.1) is 11.3 Å². The molecule has 1 unspecified atom stereocenters. The maximum absolute atomic E-state index is 11.2. The number of rotatable bonds is 3. The molecule has 1 atom stereocenters. The van der Waals surface area contributed by atoms with Crippen molar-refractivity contribution in [1.29, 1.82) is 0 Å². The number of aryl methyl sites for hydroxylation is 1. The molecule has 2 aromatic heterocycles. The number of aliphatic carboxylic acids is 1. The molecule has 1 aliphatic carbocycles. The molecule has 0 saturated carbocycles. The van der Waals surface area contributed by atoms with Gasteiger partial charge in [-0.2, -0.15) is 0 Å². The number of carbonyl (C=O) groups is 1. The first-order valence-corrected chi connectivity index (χ1v) is 7.67. The lowest BCUT2D eigenvalue weighted by Crippen LogP contribution is -2.08. The van der Waals surface area contributed by atoms with Crippen LogP contribution in [0.5, 0.6) is 0 Å². The fourth-order valence-electron chi connectivity index (χ4n) is 2.83. The monoisotopic (exact) mass is 299 g/mol. The number of fused-ring (bicyclic) bond motifs is 2. The molecular formula is C15H13N3O2S. The molecule has 0 amide bonds. The van der Waals surface area contributed by atoms with Crippen LogP contribution in [0.4, 0.5) is 0 Å². The van der Waals surface area contributed by atoms with Crippen LogP contribution in [-0.2, 0) is 17.6 Å². The van der Waals surface area contributed by atoms with E-state index in [2.05, 4.69) is 15.0 Å². The zero-order chi connectivity index (χ0) is 14.4.